The molecule has 2 rings (SSSR count). The molecule has 0 aromatic heterocycles. The molecular weight excluding hydrogens is 274 g/mol. The molecule has 2 aromatic carbocycles. The minimum Gasteiger partial charge on any atom is -0.481 e. The number of unbranched alkanes of at least 4 members (excludes halogenated alkanes) is 1. The monoisotopic (exact) mass is 299 g/mol. The van der Waals surface area contributed by atoms with Gasteiger partial charge in [0.2, 0.25) is 0 Å². The lowest BCUT2D eigenvalue weighted by molar-refractivity contribution is -0.137. The second-order valence-electron chi connectivity index (χ2n) is 5.30. The molecule has 0 radical (unpaired) electrons. The Bertz CT molecular complexity index is 547. The van der Waals surface area contributed by atoms with E-state index in [1.54, 1.807) is 0 Å². The standard InChI is InChI=1S/C14H15N.C5H10O2/c1-15(2)14-10-8-13(9-11-14)12-6-4-3-5-7-12;1-2-3-4-5(6)7/h3-11H,1-2H3;2-4H2,1H3,(H,6,7). The van der Waals surface area contributed by atoms with Crippen molar-refractivity contribution in [3.05, 3.63) is 54.6 Å². The molecule has 0 aliphatic heterocycles. The van der Waals surface area contributed by atoms with Crippen LogP contribution in [0.3, 0.4) is 0 Å². The Balaban J connectivity index is 0.000000295. The third kappa shape index (κ3) is 6.44. The zero-order valence-corrected chi connectivity index (χ0v) is 13.6. The van der Waals surface area contributed by atoms with Crippen molar-refractivity contribution in [3.8, 4) is 11.1 Å². The molecule has 0 atom stereocenters. The van der Waals surface area contributed by atoms with E-state index in [4.69, 9.17) is 5.11 Å². The van der Waals surface area contributed by atoms with Gasteiger partial charge in [-0.3, -0.25) is 4.79 Å². The van der Waals surface area contributed by atoms with Gasteiger partial charge in [0, 0.05) is 26.2 Å². The maximum atomic E-state index is 9.76. The van der Waals surface area contributed by atoms with E-state index in [2.05, 4.69) is 67.5 Å². The number of nitrogens with zero attached hydrogens (tertiary/aromatic N) is 1. The minimum absolute atomic E-state index is 0.316. The summed E-state index contributed by atoms with van der Waals surface area (Å²) in [6.45, 7) is 1.98. The van der Waals surface area contributed by atoms with Crippen LogP contribution in [0.2, 0.25) is 0 Å². The van der Waals surface area contributed by atoms with Crippen molar-refractivity contribution in [1.82, 2.24) is 0 Å². The Morgan fingerprint density at radius 3 is 1.91 bits per heavy atom. The highest BCUT2D eigenvalue weighted by Crippen LogP contribution is 2.21. The average molecular weight is 299 g/mol. The summed E-state index contributed by atoms with van der Waals surface area (Å²) in [6.07, 6.45) is 2.08. The van der Waals surface area contributed by atoms with Crippen LogP contribution in [0, 0.1) is 0 Å². The number of carboxylic acids is 1. The van der Waals surface area contributed by atoms with Crippen LogP contribution in [-0.2, 0) is 4.79 Å². The molecule has 0 unspecified atom stereocenters. The highest BCUT2D eigenvalue weighted by Gasteiger charge is 1.97. The van der Waals surface area contributed by atoms with Crippen LogP contribution < -0.4 is 4.90 Å². The molecule has 2 aromatic rings. The molecule has 0 saturated carbocycles. The van der Waals surface area contributed by atoms with Gasteiger partial charge in [0.15, 0.2) is 0 Å². The van der Waals surface area contributed by atoms with E-state index in [0.29, 0.717) is 6.42 Å². The lowest BCUT2D eigenvalue weighted by atomic mass is 10.1. The van der Waals surface area contributed by atoms with Crippen LogP contribution in [0.5, 0.6) is 0 Å². The number of hydrogen-bond donors (Lipinski definition) is 1. The van der Waals surface area contributed by atoms with Crippen molar-refractivity contribution < 1.29 is 9.90 Å². The first-order chi connectivity index (χ1) is 10.5. The highest BCUT2D eigenvalue weighted by atomic mass is 16.4. The summed E-state index contributed by atoms with van der Waals surface area (Å²) < 4.78 is 0. The predicted octanol–water partition coefficient (Wildman–Crippen LogP) is 4.68. The van der Waals surface area contributed by atoms with E-state index in [1.165, 1.54) is 16.8 Å². The first-order valence-electron chi connectivity index (χ1n) is 7.59. The van der Waals surface area contributed by atoms with Crippen LogP contribution in [0.4, 0.5) is 5.69 Å². The summed E-state index contributed by atoms with van der Waals surface area (Å²) in [4.78, 5) is 11.9. The Kier molecular flexibility index (Phi) is 7.76. The fourth-order valence-electron chi connectivity index (χ4n) is 1.91. The Morgan fingerprint density at radius 1 is 0.955 bits per heavy atom. The van der Waals surface area contributed by atoms with Crippen molar-refractivity contribution in [2.75, 3.05) is 19.0 Å². The maximum Gasteiger partial charge on any atom is 0.303 e. The van der Waals surface area contributed by atoms with Gasteiger partial charge < -0.3 is 10.0 Å². The van der Waals surface area contributed by atoms with Gasteiger partial charge in [-0.15, -0.1) is 0 Å². The molecule has 0 aliphatic rings. The van der Waals surface area contributed by atoms with Crippen LogP contribution in [0.1, 0.15) is 26.2 Å². The van der Waals surface area contributed by atoms with Crippen molar-refractivity contribution in [2.24, 2.45) is 0 Å². The molecule has 0 bridgehead atoms. The lowest BCUT2D eigenvalue weighted by Crippen LogP contribution is -2.07. The van der Waals surface area contributed by atoms with Gasteiger partial charge >= 0.3 is 5.97 Å². The number of benzene rings is 2. The van der Waals surface area contributed by atoms with Crippen molar-refractivity contribution in [3.63, 3.8) is 0 Å². The van der Waals surface area contributed by atoms with Gasteiger partial charge in [0.1, 0.15) is 0 Å². The first kappa shape index (κ1) is 17.8. The normalized spacial score (nSPS) is 9.59. The molecule has 0 heterocycles. The second-order valence-corrected chi connectivity index (χ2v) is 5.30. The average Bonchev–Trinajstić information content (AvgIpc) is 2.54. The van der Waals surface area contributed by atoms with Gasteiger partial charge in [-0.1, -0.05) is 55.8 Å². The predicted molar refractivity (Wildman–Crippen MR) is 93.4 cm³/mol. The van der Waals surface area contributed by atoms with Crippen LogP contribution in [0.25, 0.3) is 11.1 Å². The van der Waals surface area contributed by atoms with E-state index in [0.717, 1.165) is 12.8 Å². The van der Waals surface area contributed by atoms with Crippen LogP contribution in [0.15, 0.2) is 54.6 Å². The molecule has 0 amide bonds. The van der Waals surface area contributed by atoms with Crippen molar-refractivity contribution in [1.29, 1.82) is 0 Å². The van der Waals surface area contributed by atoms with Gasteiger partial charge in [-0.2, -0.15) is 0 Å². The van der Waals surface area contributed by atoms with E-state index < -0.39 is 5.97 Å². The van der Waals surface area contributed by atoms with E-state index in [-0.39, 0.29) is 0 Å². The number of anilines is 1. The number of hydrogen-bond acceptors (Lipinski definition) is 2. The summed E-state index contributed by atoms with van der Waals surface area (Å²) in [6, 6.07) is 19.0. The molecule has 0 spiro atoms. The molecule has 0 saturated heterocycles. The molecule has 0 fully saturated rings. The maximum absolute atomic E-state index is 9.76. The van der Waals surface area contributed by atoms with Crippen molar-refractivity contribution in [2.45, 2.75) is 26.2 Å². The molecule has 3 heteroatoms. The number of rotatable bonds is 5. The summed E-state index contributed by atoms with van der Waals surface area (Å²) in [5, 5.41) is 8.04. The summed E-state index contributed by atoms with van der Waals surface area (Å²) in [5.41, 5.74) is 3.76. The first-order valence-corrected chi connectivity index (χ1v) is 7.59. The van der Waals surface area contributed by atoms with Crippen LogP contribution in [-0.4, -0.2) is 25.2 Å². The molecule has 1 N–H and O–H groups in total. The fraction of sp³-hybridized carbons (Fsp3) is 0.316. The topological polar surface area (TPSA) is 40.5 Å². The number of carbonyl (C=O) groups is 1. The second kappa shape index (κ2) is 9.61. The Morgan fingerprint density at radius 2 is 1.50 bits per heavy atom. The SMILES string of the molecule is CCCCC(=O)O.CN(C)c1ccc(-c2ccccc2)cc1. The number of aliphatic carboxylic acids is 1. The number of carboxylic acid groups (broad SMARTS) is 1. The van der Waals surface area contributed by atoms with E-state index in [9.17, 15) is 4.79 Å². The lowest BCUT2D eigenvalue weighted by Gasteiger charge is -2.12. The smallest absolute Gasteiger partial charge is 0.303 e. The van der Waals surface area contributed by atoms with Gasteiger partial charge in [0.25, 0.3) is 0 Å². The zero-order valence-electron chi connectivity index (χ0n) is 13.6. The zero-order chi connectivity index (χ0) is 16.4. The Hall–Kier alpha value is -2.29. The van der Waals surface area contributed by atoms with E-state index in [1.807, 2.05) is 13.0 Å². The van der Waals surface area contributed by atoms with Crippen LogP contribution >= 0.6 is 0 Å². The third-order valence-corrected chi connectivity index (χ3v) is 3.24. The van der Waals surface area contributed by atoms with E-state index >= 15 is 0 Å². The molecular formula is C19H25NO2. The largest absolute Gasteiger partial charge is 0.481 e. The van der Waals surface area contributed by atoms with Gasteiger partial charge in [-0.05, 0) is 29.7 Å². The molecule has 22 heavy (non-hydrogen) atoms. The minimum atomic E-state index is -0.693. The fourth-order valence-corrected chi connectivity index (χ4v) is 1.91. The molecule has 0 aliphatic carbocycles. The summed E-state index contributed by atoms with van der Waals surface area (Å²) >= 11 is 0. The third-order valence-electron chi connectivity index (χ3n) is 3.24. The van der Waals surface area contributed by atoms with Crippen molar-refractivity contribution >= 4 is 11.7 Å². The quantitative estimate of drug-likeness (QED) is 0.871. The van der Waals surface area contributed by atoms with Gasteiger partial charge in [-0.25, -0.2) is 0 Å². The highest BCUT2D eigenvalue weighted by molar-refractivity contribution is 5.66. The van der Waals surface area contributed by atoms with Gasteiger partial charge in [0.05, 0.1) is 0 Å². The molecule has 118 valence electrons. The summed E-state index contributed by atoms with van der Waals surface area (Å²) in [7, 11) is 4.11. The molecule has 3 nitrogen and oxygen atoms in total. The Labute approximate surface area is 133 Å². The summed E-state index contributed by atoms with van der Waals surface area (Å²) in [5.74, 6) is -0.693.